The minimum atomic E-state index is -1.29. The van der Waals surface area contributed by atoms with E-state index in [4.69, 9.17) is 4.74 Å². The van der Waals surface area contributed by atoms with E-state index in [9.17, 15) is 0 Å². The molecule has 1 heterocycles. The maximum Gasteiger partial charge on any atom is 0.149 e. The van der Waals surface area contributed by atoms with Crippen LogP contribution in [0.4, 0.5) is 0 Å². The molecule has 0 bridgehead atoms. The van der Waals surface area contributed by atoms with E-state index >= 15 is 0 Å². The highest BCUT2D eigenvalue weighted by Crippen LogP contribution is 2.23. The van der Waals surface area contributed by atoms with E-state index < -0.39 is 8.24 Å². The third-order valence-corrected chi connectivity index (χ3v) is 5.13. The minimum Gasteiger partial charge on any atom is -0.382 e. The predicted molar refractivity (Wildman–Crippen MR) is 76.2 cm³/mol. The van der Waals surface area contributed by atoms with Crippen molar-refractivity contribution in [2.75, 3.05) is 19.8 Å². The summed E-state index contributed by atoms with van der Waals surface area (Å²) in [4.78, 5) is 2.44. The molecule has 100 valence electrons. The molecule has 3 nitrogen and oxygen atoms in total. The molecule has 1 atom stereocenters. The Morgan fingerprint density at radius 2 is 1.88 bits per heavy atom. The van der Waals surface area contributed by atoms with Crippen LogP contribution < -0.4 is 0 Å². The molecule has 0 saturated heterocycles. The van der Waals surface area contributed by atoms with Gasteiger partial charge >= 0.3 is 0 Å². The first-order valence-corrected chi connectivity index (χ1v) is 10.3. The van der Waals surface area contributed by atoms with Crippen LogP contribution in [0.5, 0.6) is 0 Å². The van der Waals surface area contributed by atoms with Crippen molar-refractivity contribution in [3.63, 3.8) is 0 Å². The molecule has 1 aliphatic heterocycles. The Bertz CT molecular complexity index is 250. The molecule has 1 unspecified atom stereocenters. The molecule has 0 aromatic carbocycles. The Hall–Kier alpha value is -0.483. The lowest BCUT2D eigenvalue weighted by Crippen LogP contribution is -2.53. The monoisotopic (exact) mass is 256 g/mol. The third kappa shape index (κ3) is 4.03. The van der Waals surface area contributed by atoms with Crippen LogP contribution in [0.3, 0.4) is 0 Å². The Morgan fingerprint density at radius 3 is 2.41 bits per heavy atom. The first-order chi connectivity index (χ1) is 8.00. The predicted octanol–water partition coefficient (Wildman–Crippen LogP) is 3.07. The Balaban J connectivity index is 2.64. The van der Waals surface area contributed by atoms with Crippen LogP contribution in [-0.4, -0.2) is 43.6 Å². The van der Waals surface area contributed by atoms with Gasteiger partial charge in [-0.2, -0.15) is 0 Å². The molecule has 0 aromatic heterocycles. The lowest BCUT2D eigenvalue weighted by Gasteiger charge is -2.39. The molecule has 0 aromatic rings. The zero-order chi connectivity index (χ0) is 12.9. The van der Waals surface area contributed by atoms with Crippen LogP contribution in [0.15, 0.2) is 12.4 Å². The van der Waals surface area contributed by atoms with Crippen molar-refractivity contribution in [3.8, 4) is 0 Å². The number of rotatable bonds is 7. The van der Waals surface area contributed by atoms with Crippen molar-refractivity contribution < 1.29 is 4.74 Å². The van der Waals surface area contributed by atoms with Crippen molar-refractivity contribution in [2.45, 2.75) is 52.5 Å². The fraction of sp³-hybridized carbons (Fsp3) is 0.846. The van der Waals surface area contributed by atoms with Crippen molar-refractivity contribution in [1.29, 1.82) is 0 Å². The lowest BCUT2D eigenvalue weighted by atomic mass is 10.3. The molecule has 4 heteroatoms. The SMILES string of the molecule is CCCCN1C=CN([Si](C)(C)C)C1COCC. The van der Waals surface area contributed by atoms with Gasteiger partial charge in [-0.3, -0.25) is 0 Å². The second-order valence-electron chi connectivity index (χ2n) is 5.61. The average molecular weight is 256 g/mol. The lowest BCUT2D eigenvalue weighted by molar-refractivity contribution is 0.0574. The normalized spacial score (nSPS) is 20.4. The number of hydrogen-bond donors (Lipinski definition) is 0. The second kappa shape index (κ2) is 6.45. The Kier molecular flexibility index (Phi) is 5.53. The van der Waals surface area contributed by atoms with E-state index in [1.807, 2.05) is 0 Å². The van der Waals surface area contributed by atoms with Gasteiger partial charge in [0.05, 0.1) is 6.61 Å². The first kappa shape index (κ1) is 14.6. The van der Waals surface area contributed by atoms with Gasteiger partial charge < -0.3 is 14.2 Å². The van der Waals surface area contributed by atoms with Gasteiger partial charge in [-0.15, -0.1) is 0 Å². The van der Waals surface area contributed by atoms with Gasteiger partial charge in [-0.05, 0) is 13.3 Å². The van der Waals surface area contributed by atoms with E-state index in [0.29, 0.717) is 6.17 Å². The topological polar surface area (TPSA) is 15.7 Å². The maximum absolute atomic E-state index is 5.65. The van der Waals surface area contributed by atoms with Crippen LogP contribution in [0.2, 0.25) is 19.6 Å². The molecule has 0 saturated carbocycles. The quantitative estimate of drug-likeness (QED) is 0.651. The summed E-state index contributed by atoms with van der Waals surface area (Å²) in [5.41, 5.74) is 0. The Morgan fingerprint density at radius 1 is 1.18 bits per heavy atom. The molecule has 0 fully saturated rings. The average Bonchev–Trinajstić information content (AvgIpc) is 2.66. The number of ether oxygens (including phenoxy) is 1. The highest BCUT2D eigenvalue weighted by molar-refractivity contribution is 6.73. The zero-order valence-corrected chi connectivity index (χ0v) is 13.1. The number of hydrogen-bond acceptors (Lipinski definition) is 3. The van der Waals surface area contributed by atoms with Gasteiger partial charge in [0.25, 0.3) is 0 Å². The van der Waals surface area contributed by atoms with Crippen LogP contribution in [0.25, 0.3) is 0 Å². The number of unbranched alkanes of at least 4 members (excludes halogenated alkanes) is 1. The fourth-order valence-corrected chi connectivity index (χ4v) is 3.78. The van der Waals surface area contributed by atoms with Crippen LogP contribution in [-0.2, 0) is 4.74 Å². The van der Waals surface area contributed by atoms with Crippen LogP contribution in [0.1, 0.15) is 26.7 Å². The van der Waals surface area contributed by atoms with E-state index in [0.717, 1.165) is 19.8 Å². The van der Waals surface area contributed by atoms with Crippen LogP contribution in [0, 0.1) is 0 Å². The zero-order valence-electron chi connectivity index (χ0n) is 12.1. The van der Waals surface area contributed by atoms with Gasteiger partial charge in [-0.1, -0.05) is 33.0 Å². The molecule has 0 N–H and O–H groups in total. The summed E-state index contributed by atoms with van der Waals surface area (Å²) in [7, 11) is -1.29. The summed E-state index contributed by atoms with van der Waals surface area (Å²) in [6.07, 6.45) is 7.45. The summed E-state index contributed by atoms with van der Waals surface area (Å²) in [5.74, 6) is 0. The molecule has 17 heavy (non-hydrogen) atoms. The second-order valence-corrected chi connectivity index (χ2v) is 10.5. The van der Waals surface area contributed by atoms with Crippen molar-refractivity contribution in [1.82, 2.24) is 9.47 Å². The van der Waals surface area contributed by atoms with E-state index in [2.05, 4.69) is 55.4 Å². The molecule has 0 amide bonds. The number of nitrogens with zero attached hydrogens (tertiary/aromatic N) is 2. The third-order valence-electron chi connectivity index (χ3n) is 3.14. The summed E-state index contributed by atoms with van der Waals surface area (Å²) < 4.78 is 8.19. The molecule has 0 aliphatic carbocycles. The molecule has 1 rings (SSSR count). The highest BCUT2D eigenvalue weighted by atomic mass is 28.3. The Labute approximate surface area is 108 Å². The van der Waals surface area contributed by atoms with Crippen LogP contribution >= 0.6 is 0 Å². The summed E-state index contributed by atoms with van der Waals surface area (Å²) in [6.45, 7) is 14.2. The van der Waals surface area contributed by atoms with Gasteiger partial charge in [0.1, 0.15) is 14.4 Å². The summed E-state index contributed by atoms with van der Waals surface area (Å²) in [6, 6.07) is 0. The molecular weight excluding hydrogens is 228 g/mol. The van der Waals surface area contributed by atoms with E-state index in [-0.39, 0.29) is 0 Å². The maximum atomic E-state index is 5.65. The van der Waals surface area contributed by atoms with Gasteiger partial charge in [-0.25, -0.2) is 0 Å². The molecule has 1 aliphatic rings. The molecule has 0 radical (unpaired) electrons. The molecule has 0 spiro atoms. The highest BCUT2D eigenvalue weighted by Gasteiger charge is 2.34. The van der Waals surface area contributed by atoms with Gasteiger partial charge in [0.15, 0.2) is 0 Å². The first-order valence-electron chi connectivity index (χ1n) is 6.81. The van der Waals surface area contributed by atoms with Gasteiger partial charge in [0, 0.05) is 25.6 Å². The fourth-order valence-electron chi connectivity index (χ4n) is 2.15. The minimum absolute atomic E-state index is 0.424. The van der Waals surface area contributed by atoms with Crippen molar-refractivity contribution >= 4 is 8.24 Å². The standard InChI is InChI=1S/C13H28N2OSi/c1-6-8-9-14-10-11-15(17(3,4)5)13(14)12-16-7-2/h10-11,13H,6-9,12H2,1-5H3. The van der Waals surface area contributed by atoms with Crippen molar-refractivity contribution in [2.24, 2.45) is 0 Å². The summed E-state index contributed by atoms with van der Waals surface area (Å²) >= 11 is 0. The van der Waals surface area contributed by atoms with Gasteiger partial charge in [0.2, 0.25) is 0 Å². The molecular formula is C13H28N2OSi. The van der Waals surface area contributed by atoms with E-state index in [1.54, 1.807) is 0 Å². The van der Waals surface area contributed by atoms with Crippen molar-refractivity contribution in [3.05, 3.63) is 12.4 Å². The summed E-state index contributed by atoms with van der Waals surface area (Å²) in [5, 5.41) is 0. The largest absolute Gasteiger partial charge is 0.382 e. The smallest absolute Gasteiger partial charge is 0.149 e. The van der Waals surface area contributed by atoms with E-state index in [1.165, 1.54) is 12.8 Å².